The van der Waals surface area contributed by atoms with Crippen LogP contribution in [0.2, 0.25) is 0 Å². The Kier molecular flexibility index (Phi) is 7.81. The number of morpholine rings is 1. The van der Waals surface area contributed by atoms with Gasteiger partial charge in [0.05, 0.1) is 50.4 Å². The van der Waals surface area contributed by atoms with Crippen molar-refractivity contribution in [2.75, 3.05) is 52.6 Å². The smallest absolute Gasteiger partial charge is 0.312 e. The van der Waals surface area contributed by atoms with Gasteiger partial charge in [0.25, 0.3) is 0 Å². The van der Waals surface area contributed by atoms with Gasteiger partial charge < -0.3 is 29.5 Å². The summed E-state index contributed by atoms with van der Waals surface area (Å²) < 4.78 is 17.0. The lowest BCUT2D eigenvalue weighted by atomic mass is 9.71. The molecule has 0 aromatic heterocycles. The zero-order chi connectivity index (χ0) is 24.5. The molecule has 0 aromatic rings. The van der Waals surface area contributed by atoms with Crippen LogP contribution in [-0.4, -0.2) is 109 Å². The van der Waals surface area contributed by atoms with Gasteiger partial charge in [0.2, 0.25) is 11.8 Å². The molecule has 2 N–H and O–H groups in total. The molecule has 2 amide bonds. The second kappa shape index (κ2) is 10.5. The highest BCUT2D eigenvalue weighted by Gasteiger charge is 2.75. The van der Waals surface area contributed by atoms with E-state index in [-0.39, 0.29) is 30.9 Å². The molecule has 1 spiro atoms. The van der Waals surface area contributed by atoms with Crippen LogP contribution in [0.1, 0.15) is 40.0 Å². The van der Waals surface area contributed by atoms with Crippen molar-refractivity contribution in [3.8, 4) is 0 Å². The topological polar surface area (TPSA) is 118 Å². The molecule has 4 aliphatic rings. The summed E-state index contributed by atoms with van der Waals surface area (Å²) in [5, 5.41) is 13.3. The van der Waals surface area contributed by atoms with Crippen LogP contribution >= 0.6 is 0 Å². The summed E-state index contributed by atoms with van der Waals surface area (Å²) in [5.74, 6) is -2.51. The monoisotopic (exact) mass is 481 g/mol. The number of hydrogen-bond donors (Lipinski definition) is 2. The van der Waals surface area contributed by atoms with Crippen molar-refractivity contribution in [1.29, 1.82) is 0 Å². The first-order valence-electron chi connectivity index (χ1n) is 12.7. The van der Waals surface area contributed by atoms with E-state index in [1.165, 1.54) is 4.90 Å². The van der Waals surface area contributed by atoms with Crippen LogP contribution < -0.4 is 5.32 Å². The minimum Gasteiger partial charge on any atom is -0.466 e. The van der Waals surface area contributed by atoms with Crippen LogP contribution in [0.25, 0.3) is 0 Å². The number of carbonyl (C=O) groups excluding carboxylic acids is 3. The van der Waals surface area contributed by atoms with Crippen LogP contribution in [0, 0.1) is 17.8 Å². The van der Waals surface area contributed by atoms with Gasteiger partial charge in [0.1, 0.15) is 11.6 Å². The van der Waals surface area contributed by atoms with Gasteiger partial charge in [-0.05, 0) is 25.7 Å². The van der Waals surface area contributed by atoms with Gasteiger partial charge in [-0.2, -0.15) is 0 Å². The summed E-state index contributed by atoms with van der Waals surface area (Å²) in [6, 6.07) is -1.41. The van der Waals surface area contributed by atoms with E-state index in [0.717, 1.165) is 19.5 Å². The third kappa shape index (κ3) is 4.23. The molecule has 34 heavy (non-hydrogen) atoms. The van der Waals surface area contributed by atoms with Crippen molar-refractivity contribution in [2.24, 2.45) is 17.8 Å². The molecule has 0 aromatic carbocycles. The van der Waals surface area contributed by atoms with E-state index >= 15 is 0 Å². The van der Waals surface area contributed by atoms with Crippen LogP contribution in [0.15, 0.2) is 0 Å². The number of amides is 2. The summed E-state index contributed by atoms with van der Waals surface area (Å²) in [7, 11) is 0. The van der Waals surface area contributed by atoms with Gasteiger partial charge in [-0.25, -0.2) is 0 Å². The van der Waals surface area contributed by atoms with Crippen molar-refractivity contribution >= 4 is 17.8 Å². The van der Waals surface area contributed by atoms with Gasteiger partial charge in [-0.15, -0.1) is 0 Å². The Balaban J connectivity index is 1.60. The van der Waals surface area contributed by atoms with Crippen LogP contribution in [0.5, 0.6) is 0 Å². The lowest BCUT2D eigenvalue weighted by Gasteiger charge is -2.39. The summed E-state index contributed by atoms with van der Waals surface area (Å²) >= 11 is 0. The number of rotatable bonds is 10. The standard InChI is InChI=1S/C24H39N3O7/c1-4-15(3)16(14-28)27-20(21(29)25-8-9-26-10-12-32-13-11-26)24-7-6-17(34-24)18(19(24)22(27)30)23(31)33-5-2/h15-20,28H,4-14H2,1-3H3,(H,25,29)/t15-,16-,17-,18+,19-,20?,24?/m0/s1. The number of nitrogens with one attached hydrogen (secondary N) is 1. The maximum atomic E-state index is 13.9. The third-order valence-corrected chi connectivity index (χ3v) is 8.22. The maximum Gasteiger partial charge on any atom is 0.312 e. The summed E-state index contributed by atoms with van der Waals surface area (Å²) in [6.45, 7) is 9.80. The molecule has 4 rings (SSSR count). The number of esters is 1. The van der Waals surface area contributed by atoms with Crippen molar-refractivity contribution < 1.29 is 33.7 Å². The largest absolute Gasteiger partial charge is 0.466 e. The fourth-order valence-corrected chi connectivity index (χ4v) is 6.33. The number of aliphatic hydroxyl groups excluding tert-OH is 1. The molecule has 0 saturated carbocycles. The Morgan fingerprint density at radius 3 is 2.68 bits per heavy atom. The van der Waals surface area contributed by atoms with Gasteiger partial charge in [0, 0.05) is 26.2 Å². The van der Waals surface area contributed by atoms with Gasteiger partial charge in [-0.3, -0.25) is 19.3 Å². The van der Waals surface area contributed by atoms with E-state index in [4.69, 9.17) is 14.2 Å². The van der Waals surface area contributed by atoms with Crippen molar-refractivity contribution in [3.63, 3.8) is 0 Å². The molecule has 2 unspecified atom stereocenters. The Hall–Kier alpha value is -1.75. The molecule has 4 fully saturated rings. The van der Waals surface area contributed by atoms with E-state index in [1.54, 1.807) is 6.92 Å². The zero-order valence-electron chi connectivity index (χ0n) is 20.5. The molecule has 4 heterocycles. The first kappa shape index (κ1) is 25.3. The van der Waals surface area contributed by atoms with E-state index in [1.807, 2.05) is 13.8 Å². The van der Waals surface area contributed by atoms with Crippen LogP contribution in [0.4, 0.5) is 0 Å². The SMILES string of the molecule is CCOC(=O)[C@@H]1[C@@H]2CCC3(O2)C(C(=O)NCCN2CCOCC2)N([C@@H](CO)[C@@H](C)CC)C(=O)[C@H]13. The molecule has 7 atom stereocenters. The number of carbonyl (C=O) groups is 3. The number of hydrogen-bond acceptors (Lipinski definition) is 8. The molecule has 0 aliphatic carbocycles. The van der Waals surface area contributed by atoms with E-state index in [0.29, 0.717) is 39.1 Å². The predicted octanol–water partition coefficient (Wildman–Crippen LogP) is -0.220. The van der Waals surface area contributed by atoms with Crippen LogP contribution in [0.3, 0.4) is 0 Å². The normalized spacial score (nSPS) is 34.7. The molecule has 0 radical (unpaired) electrons. The van der Waals surface area contributed by atoms with E-state index in [9.17, 15) is 19.5 Å². The lowest BCUT2D eigenvalue weighted by Crippen LogP contribution is -2.59. The Morgan fingerprint density at radius 1 is 1.29 bits per heavy atom. The second-order valence-electron chi connectivity index (χ2n) is 9.93. The van der Waals surface area contributed by atoms with Gasteiger partial charge >= 0.3 is 5.97 Å². The fraction of sp³-hybridized carbons (Fsp3) is 0.875. The molecule has 10 heteroatoms. The minimum absolute atomic E-state index is 0.0222. The van der Waals surface area contributed by atoms with Crippen molar-refractivity contribution in [3.05, 3.63) is 0 Å². The van der Waals surface area contributed by atoms with Crippen LogP contribution in [-0.2, 0) is 28.6 Å². The average molecular weight is 482 g/mol. The molecule has 10 nitrogen and oxygen atoms in total. The zero-order valence-corrected chi connectivity index (χ0v) is 20.5. The number of fused-ring (bicyclic) bond motifs is 1. The summed E-state index contributed by atoms with van der Waals surface area (Å²) in [5.41, 5.74) is -1.07. The van der Waals surface area contributed by atoms with Crippen molar-refractivity contribution in [2.45, 2.75) is 63.8 Å². The number of likely N-dealkylation sites (tertiary alicyclic amines) is 1. The first-order valence-corrected chi connectivity index (χ1v) is 12.7. The van der Waals surface area contributed by atoms with E-state index in [2.05, 4.69) is 10.2 Å². The fourth-order valence-electron chi connectivity index (χ4n) is 6.33. The van der Waals surface area contributed by atoms with E-state index < -0.39 is 41.6 Å². The molecule has 192 valence electrons. The average Bonchev–Trinajstić information content (AvgIpc) is 3.48. The minimum atomic E-state index is -1.07. The predicted molar refractivity (Wildman–Crippen MR) is 122 cm³/mol. The number of nitrogens with zero attached hydrogens (tertiary/aromatic N) is 2. The van der Waals surface area contributed by atoms with Crippen molar-refractivity contribution in [1.82, 2.24) is 15.1 Å². The first-order chi connectivity index (χ1) is 16.4. The Bertz CT molecular complexity index is 774. The lowest BCUT2D eigenvalue weighted by molar-refractivity contribution is -0.155. The second-order valence-corrected chi connectivity index (χ2v) is 9.93. The number of ether oxygens (including phenoxy) is 3. The third-order valence-electron chi connectivity index (χ3n) is 8.22. The maximum absolute atomic E-state index is 13.9. The summed E-state index contributed by atoms with van der Waals surface area (Å²) in [6.07, 6.45) is 1.45. The Morgan fingerprint density at radius 2 is 2.03 bits per heavy atom. The Labute approximate surface area is 201 Å². The highest BCUT2D eigenvalue weighted by Crippen LogP contribution is 2.59. The van der Waals surface area contributed by atoms with Gasteiger partial charge in [-0.1, -0.05) is 20.3 Å². The number of aliphatic hydroxyl groups is 1. The molecule has 2 bridgehead atoms. The molecule has 4 saturated heterocycles. The molecule has 4 aliphatic heterocycles. The quantitative estimate of drug-likeness (QED) is 0.411. The molecular weight excluding hydrogens is 442 g/mol. The summed E-state index contributed by atoms with van der Waals surface area (Å²) in [4.78, 5) is 44.2. The highest BCUT2D eigenvalue weighted by molar-refractivity contribution is 5.98. The highest BCUT2D eigenvalue weighted by atomic mass is 16.6. The molecular formula is C24H39N3O7. The van der Waals surface area contributed by atoms with Gasteiger partial charge in [0.15, 0.2) is 0 Å².